The Morgan fingerprint density at radius 1 is 1.12 bits per heavy atom. The monoisotopic (exact) mass is 578 g/mol. The lowest BCUT2D eigenvalue weighted by Crippen LogP contribution is -2.51. The standard InChI is InChI=1S/C28H30F4N4O5/c1-15(2)23(33)24(38)34-20-8-9-21-18(12-20)10-11-27(21)25(39)36(26(40)41-27)14-22(37)35(16(3)28(30,31)32)13-17-4-6-19(29)7-5-17/h4-9,12,15-16,23H,10-11,13-14,33H2,1-3H3,(H,34,38)/t16-,23+,27-/m0/s1. The van der Waals surface area contributed by atoms with E-state index in [1.807, 2.05) is 0 Å². The Labute approximate surface area is 233 Å². The molecule has 0 unspecified atom stereocenters. The summed E-state index contributed by atoms with van der Waals surface area (Å²) in [4.78, 5) is 52.8. The van der Waals surface area contributed by atoms with Crippen LogP contribution in [0.15, 0.2) is 42.5 Å². The number of halogens is 4. The van der Waals surface area contributed by atoms with E-state index in [-0.39, 0.29) is 23.8 Å². The van der Waals surface area contributed by atoms with E-state index in [2.05, 4.69) is 5.32 Å². The fourth-order valence-electron chi connectivity index (χ4n) is 4.89. The molecule has 1 aliphatic heterocycles. The van der Waals surface area contributed by atoms with Crippen LogP contribution in [0.1, 0.15) is 43.9 Å². The third-order valence-corrected chi connectivity index (χ3v) is 7.47. The molecule has 41 heavy (non-hydrogen) atoms. The van der Waals surface area contributed by atoms with Crippen LogP contribution in [-0.2, 0) is 37.7 Å². The molecule has 0 radical (unpaired) electrons. The second-order valence-corrected chi connectivity index (χ2v) is 10.6. The third kappa shape index (κ3) is 5.90. The minimum atomic E-state index is -4.80. The Hall–Kier alpha value is -4.00. The fourth-order valence-corrected chi connectivity index (χ4v) is 4.89. The summed E-state index contributed by atoms with van der Waals surface area (Å²) in [5.74, 6) is -3.09. The molecule has 2 aromatic rings. The average Bonchev–Trinajstić information content (AvgIpc) is 3.38. The number of anilines is 1. The summed E-state index contributed by atoms with van der Waals surface area (Å²) in [6, 6.07) is 6.29. The molecule has 9 nitrogen and oxygen atoms in total. The van der Waals surface area contributed by atoms with E-state index in [1.54, 1.807) is 19.9 Å². The molecular weight excluding hydrogens is 548 g/mol. The van der Waals surface area contributed by atoms with Crippen molar-refractivity contribution < 1.29 is 41.5 Å². The summed E-state index contributed by atoms with van der Waals surface area (Å²) in [6.07, 6.45) is -5.60. The topological polar surface area (TPSA) is 122 Å². The van der Waals surface area contributed by atoms with Gasteiger partial charge in [-0.25, -0.2) is 14.1 Å². The number of alkyl halides is 3. The van der Waals surface area contributed by atoms with Crippen LogP contribution in [0.3, 0.4) is 0 Å². The van der Waals surface area contributed by atoms with E-state index < -0.39 is 60.7 Å². The Morgan fingerprint density at radius 3 is 2.39 bits per heavy atom. The zero-order valence-corrected chi connectivity index (χ0v) is 22.6. The van der Waals surface area contributed by atoms with Crippen molar-refractivity contribution >= 4 is 29.5 Å². The van der Waals surface area contributed by atoms with Gasteiger partial charge in [-0.2, -0.15) is 13.2 Å². The van der Waals surface area contributed by atoms with Crippen LogP contribution in [0.4, 0.5) is 28.0 Å². The number of hydrogen-bond donors (Lipinski definition) is 2. The summed E-state index contributed by atoms with van der Waals surface area (Å²) in [6.45, 7) is 2.89. The molecule has 1 saturated heterocycles. The highest BCUT2D eigenvalue weighted by molar-refractivity contribution is 6.06. The number of ether oxygens (including phenoxy) is 1. The highest BCUT2D eigenvalue weighted by Crippen LogP contribution is 2.46. The van der Waals surface area contributed by atoms with Crippen molar-refractivity contribution in [2.45, 2.75) is 64.0 Å². The van der Waals surface area contributed by atoms with E-state index in [9.17, 15) is 36.7 Å². The molecule has 4 rings (SSSR count). The SMILES string of the molecule is CC(C)[C@@H](N)C(=O)Nc1ccc2c(c1)CC[C@]21OC(=O)N(CC(=O)N(Cc2ccc(F)cc2)[C@@H](C)C(F)(F)F)C1=O. The molecule has 2 aromatic carbocycles. The van der Waals surface area contributed by atoms with Gasteiger partial charge in [0.05, 0.1) is 6.04 Å². The lowest BCUT2D eigenvalue weighted by Gasteiger charge is -2.31. The highest BCUT2D eigenvalue weighted by atomic mass is 19.4. The van der Waals surface area contributed by atoms with Crippen molar-refractivity contribution in [1.29, 1.82) is 0 Å². The number of nitrogens with two attached hydrogens (primary N) is 1. The van der Waals surface area contributed by atoms with E-state index in [4.69, 9.17) is 10.5 Å². The first-order valence-electron chi connectivity index (χ1n) is 13.0. The quantitative estimate of drug-likeness (QED) is 0.459. The minimum absolute atomic E-state index is 0.0543. The zero-order chi connectivity index (χ0) is 30.3. The number of amides is 4. The highest BCUT2D eigenvalue weighted by Gasteiger charge is 2.58. The van der Waals surface area contributed by atoms with E-state index in [0.717, 1.165) is 19.1 Å². The van der Waals surface area contributed by atoms with Gasteiger partial charge in [-0.1, -0.05) is 32.0 Å². The summed E-state index contributed by atoms with van der Waals surface area (Å²) in [7, 11) is 0. The molecule has 1 spiro atoms. The number of nitrogens with one attached hydrogen (secondary N) is 1. The number of aryl methyl sites for hydroxylation is 1. The molecular formula is C28H30F4N4O5. The van der Waals surface area contributed by atoms with Gasteiger partial charge in [0.15, 0.2) is 0 Å². The lowest BCUT2D eigenvalue weighted by molar-refractivity contribution is -0.187. The maximum Gasteiger partial charge on any atom is 0.418 e. The summed E-state index contributed by atoms with van der Waals surface area (Å²) in [5, 5.41) is 2.71. The second-order valence-electron chi connectivity index (χ2n) is 10.6. The van der Waals surface area contributed by atoms with Gasteiger partial charge in [0, 0.05) is 24.2 Å². The lowest BCUT2D eigenvalue weighted by atomic mass is 9.94. The molecule has 220 valence electrons. The number of carbonyl (C=O) groups is 4. The van der Waals surface area contributed by atoms with Crippen molar-refractivity contribution in [2.75, 3.05) is 11.9 Å². The molecule has 0 bridgehead atoms. The summed E-state index contributed by atoms with van der Waals surface area (Å²) >= 11 is 0. The van der Waals surface area contributed by atoms with Gasteiger partial charge in [-0.3, -0.25) is 14.4 Å². The van der Waals surface area contributed by atoms with E-state index >= 15 is 0 Å². The van der Waals surface area contributed by atoms with E-state index in [1.165, 1.54) is 24.3 Å². The smallest absolute Gasteiger partial charge is 0.418 e. The first-order chi connectivity index (χ1) is 19.1. The molecule has 0 aromatic heterocycles. The number of carbonyl (C=O) groups excluding carboxylic acids is 4. The van der Waals surface area contributed by atoms with Gasteiger partial charge < -0.3 is 20.7 Å². The number of imide groups is 1. The van der Waals surface area contributed by atoms with Crippen molar-refractivity contribution in [3.8, 4) is 0 Å². The first-order valence-corrected chi connectivity index (χ1v) is 13.0. The van der Waals surface area contributed by atoms with Crippen LogP contribution in [0, 0.1) is 11.7 Å². The van der Waals surface area contributed by atoms with Gasteiger partial charge in [0.2, 0.25) is 17.4 Å². The summed E-state index contributed by atoms with van der Waals surface area (Å²) < 4.78 is 59.7. The van der Waals surface area contributed by atoms with E-state index in [0.29, 0.717) is 33.0 Å². The minimum Gasteiger partial charge on any atom is -0.427 e. The predicted octanol–water partition coefficient (Wildman–Crippen LogP) is 3.85. The van der Waals surface area contributed by atoms with Crippen LogP contribution in [0.2, 0.25) is 0 Å². The van der Waals surface area contributed by atoms with Gasteiger partial charge in [0.1, 0.15) is 18.4 Å². The third-order valence-electron chi connectivity index (χ3n) is 7.47. The normalized spacial score (nSPS) is 19.8. The maximum absolute atomic E-state index is 13.6. The summed E-state index contributed by atoms with van der Waals surface area (Å²) in [5.41, 5.74) is 5.80. The zero-order valence-electron chi connectivity index (χ0n) is 22.6. The van der Waals surface area contributed by atoms with Crippen LogP contribution in [0.25, 0.3) is 0 Å². The molecule has 1 fully saturated rings. The molecule has 1 aliphatic carbocycles. The van der Waals surface area contributed by atoms with Crippen molar-refractivity contribution in [1.82, 2.24) is 9.80 Å². The molecule has 2 aliphatic rings. The maximum atomic E-state index is 13.6. The van der Waals surface area contributed by atoms with Gasteiger partial charge >= 0.3 is 12.3 Å². The molecule has 0 saturated carbocycles. The van der Waals surface area contributed by atoms with Gasteiger partial charge in [-0.05, 0) is 54.7 Å². The van der Waals surface area contributed by atoms with Crippen molar-refractivity contribution in [3.05, 3.63) is 65.0 Å². The molecule has 3 atom stereocenters. The van der Waals surface area contributed by atoms with Crippen molar-refractivity contribution in [3.63, 3.8) is 0 Å². The van der Waals surface area contributed by atoms with Crippen LogP contribution in [0.5, 0.6) is 0 Å². The second kappa shape index (κ2) is 11.1. The van der Waals surface area contributed by atoms with Crippen LogP contribution >= 0.6 is 0 Å². The van der Waals surface area contributed by atoms with Crippen LogP contribution < -0.4 is 11.1 Å². The predicted molar refractivity (Wildman–Crippen MR) is 139 cm³/mol. The van der Waals surface area contributed by atoms with Crippen molar-refractivity contribution in [2.24, 2.45) is 11.7 Å². The number of rotatable bonds is 8. The van der Waals surface area contributed by atoms with Gasteiger partial charge in [-0.15, -0.1) is 0 Å². The molecule has 3 N–H and O–H groups in total. The molecule has 13 heteroatoms. The molecule has 1 heterocycles. The number of benzene rings is 2. The first kappa shape index (κ1) is 30.0. The Bertz CT molecular complexity index is 1360. The number of fused-ring (bicyclic) bond motifs is 2. The Kier molecular flexibility index (Phi) is 8.12. The fraction of sp³-hybridized carbons (Fsp3) is 0.429. The van der Waals surface area contributed by atoms with Crippen LogP contribution in [-0.4, -0.2) is 58.4 Å². The molecule has 4 amide bonds. The Morgan fingerprint density at radius 2 is 1.78 bits per heavy atom. The number of hydrogen-bond acceptors (Lipinski definition) is 6. The Balaban J connectivity index is 1.54. The average molecular weight is 579 g/mol. The van der Waals surface area contributed by atoms with Gasteiger partial charge in [0.25, 0.3) is 5.91 Å². The number of nitrogens with zero attached hydrogens (tertiary/aromatic N) is 2. The largest absolute Gasteiger partial charge is 0.427 e.